The lowest BCUT2D eigenvalue weighted by atomic mass is 9.99. The summed E-state index contributed by atoms with van der Waals surface area (Å²) in [6.45, 7) is 6.86. The molecule has 0 aliphatic carbocycles. The summed E-state index contributed by atoms with van der Waals surface area (Å²) in [4.78, 5) is 17.3. The molecule has 2 saturated heterocycles. The number of hydrogen-bond acceptors (Lipinski definition) is 2. The monoisotopic (exact) mass is 406 g/mol. The van der Waals surface area contributed by atoms with Gasteiger partial charge in [-0.05, 0) is 45.2 Å². The summed E-state index contributed by atoms with van der Waals surface area (Å²) < 4.78 is 0. The Morgan fingerprint density at radius 1 is 0.655 bits per heavy atom. The van der Waals surface area contributed by atoms with E-state index in [0.29, 0.717) is 5.91 Å². The zero-order chi connectivity index (χ0) is 20.6. The van der Waals surface area contributed by atoms with Gasteiger partial charge in [0.25, 0.3) is 0 Å². The minimum atomic E-state index is 0.421. The Hall–Kier alpha value is -0.570. The van der Waals surface area contributed by atoms with Crippen LogP contribution in [0, 0.1) is 0 Å². The van der Waals surface area contributed by atoms with Gasteiger partial charge in [0.05, 0.1) is 0 Å². The third-order valence-corrected chi connectivity index (χ3v) is 7.22. The van der Waals surface area contributed by atoms with E-state index in [1.54, 1.807) is 0 Å². The van der Waals surface area contributed by atoms with Gasteiger partial charge in [-0.3, -0.25) is 4.79 Å². The van der Waals surface area contributed by atoms with E-state index in [9.17, 15) is 4.79 Å². The van der Waals surface area contributed by atoms with Crippen molar-refractivity contribution in [2.24, 2.45) is 0 Å². The van der Waals surface area contributed by atoms with Gasteiger partial charge in [-0.2, -0.15) is 0 Å². The van der Waals surface area contributed by atoms with Gasteiger partial charge in [0.2, 0.25) is 5.91 Å². The fourth-order valence-corrected chi connectivity index (χ4v) is 5.22. The molecule has 3 heteroatoms. The van der Waals surface area contributed by atoms with Crippen molar-refractivity contribution < 1.29 is 4.79 Å². The first-order chi connectivity index (χ1) is 14.3. The highest BCUT2D eigenvalue weighted by atomic mass is 16.2. The highest BCUT2D eigenvalue weighted by Gasteiger charge is 2.27. The number of piperidine rings is 2. The Bertz CT molecular complexity index is 398. The van der Waals surface area contributed by atoms with Gasteiger partial charge in [-0.25, -0.2) is 0 Å². The Morgan fingerprint density at radius 2 is 1.14 bits per heavy atom. The zero-order valence-electron chi connectivity index (χ0n) is 19.6. The van der Waals surface area contributed by atoms with Crippen LogP contribution in [0.4, 0.5) is 0 Å². The smallest absolute Gasteiger partial charge is 0.222 e. The van der Waals surface area contributed by atoms with E-state index in [-0.39, 0.29) is 0 Å². The minimum absolute atomic E-state index is 0.421. The second-order valence-electron chi connectivity index (χ2n) is 9.70. The molecule has 0 aromatic carbocycles. The second kappa shape index (κ2) is 16.2. The number of rotatable bonds is 15. The van der Waals surface area contributed by atoms with Crippen LogP contribution < -0.4 is 0 Å². The van der Waals surface area contributed by atoms with Crippen molar-refractivity contribution in [2.75, 3.05) is 26.2 Å². The number of unbranched alkanes of at least 4 members (excludes halogenated alkanes) is 12. The Kier molecular flexibility index (Phi) is 13.8. The maximum atomic E-state index is 12.5. The van der Waals surface area contributed by atoms with Crippen molar-refractivity contribution in [3.8, 4) is 0 Å². The normalized spacial score (nSPS) is 19.0. The molecule has 2 aliphatic heterocycles. The van der Waals surface area contributed by atoms with Crippen LogP contribution in [0.2, 0.25) is 0 Å². The highest BCUT2D eigenvalue weighted by Crippen LogP contribution is 2.21. The number of likely N-dealkylation sites (tertiary alicyclic amines) is 2. The number of nitrogens with zero attached hydrogens (tertiary/aromatic N) is 2. The molecule has 0 aromatic rings. The van der Waals surface area contributed by atoms with Crippen molar-refractivity contribution in [3.05, 3.63) is 0 Å². The molecule has 0 unspecified atom stereocenters. The topological polar surface area (TPSA) is 23.6 Å². The number of hydrogen-bond donors (Lipinski definition) is 0. The first-order valence-corrected chi connectivity index (χ1v) is 13.3. The Balaban J connectivity index is 1.37. The number of amides is 1. The van der Waals surface area contributed by atoms with Gasteiger partial charge >= 0.3 is 0 Å². The fraction of sp³-hybridized carbons (Fsp3) is 0.962. The van der Waals surface area contributed by atoms with Gasteiger partial charge in [-0.1, -0.05) is 90.4 Å². The molecule has 0 radical (unpaired) electrons. The van der Waals surface area contributed by atoms with Crippen molar-refractivity contribution in [2.45, 2.75) is 135 Å². The van der Waals surface area contributed by atoms with Crippen molar-refractivity contribution >= 4 is 5.91 Å². The maximum Gasteiger partial charge on any atom is 0.222 e. The van der Waals surface area contributed by atoms with Crippen LogP contribution in [0.15, 0.2) is 0 Å². The van der Waals surface area contributed by atoms with Crippen LogP contribution >= 0.6 is 0 Å². The lowest BCUT2D eigenvalue weighted by Crippen LogP contribution is -2.48. The largest absolute Gasteiger partial charge is 0.343 e. The van der Waals surface area contributed by atoms with Crippen LogP contribution in [0.5, 0.6) is 0 Å². The second-order valence-corrected chi connectivity index (χ2v) is 9.70. The van der Waals surface area contributed by atoms with Gasteiger partial charge in [0, 0.05) is 25.6 Å². The molecule has 1 amide bonds. The lowest BCUT2D eigenvalue weighted by Gasteiger charge is -2.40. The lowest BCUT2D eigenvalue weighted by molar-refractivity contribution is -0.133. The van der Waals surface area contributed by atoms with E-state index in [4.69, 9.17) is 0 Å². The molecule has 170 valence electrons. The predicted molar refractivity (Wildman–Crippen MR) is 125 cm³/mol. The van der Waals surface area contributed by atoms with E-state index < -0.39 is 0 Å². The number of carbonyl (C=O) groups is 1. The van der Waals surface area contributed by atoms with Gasteiger partial charge in [0.1, 0.15) is 0 Å². The van der Waals surface area contributed by atoms with E-state index in [1.165, 1.54) is 122 Å². The number of carbonyl (C=O) groups excluding carboxylic acids is 1. The molecular weight excluding hydrogens is 356 g/mol. The standard InChI is InChI=1S/C26H50N2O/c1-2-3-4-5-6-7-8-9-10-11-12-13-15-18-26(29)28-23-19-25(20-24-28)27-21-16-14-17-22-27/h25H,2-24H2,1H3. The van der Waals surface area contributed by atoms with Gasteiger partial charge in [-0.15, -0.1) is 0 Å². The molecule has 0 bridgehead atoms. The summed E-state index contributed by atoms with van der Waals surface area (Å²) in [6.07, 6.45) is 25.1. The Labute approximate surface area is 182 Å². The van der Waals surface area contributed by atoms with Crippen molar-refractivity contribution in [1.29, 1.82) is 0 Å². The SMILES string of the molecule is CCCCCCCCCCCCCCCC(=O)N1CCC(N2CCCCC2)CC1. The van der Waals surface area contributed by atoms with E-state index in [1.807, 2.05) is 0 Å². The molecule has 2 fully saturated rings. The molecule has 29 heavy (non-hydrogen) atoms. The molecule has 0 saturated carbocycles. The molecular formula is C26H50N2O. The molecule has 2 rings (SSSR count). The van der Waals surface area contributed by atoms with Crippen LogP contribution in [-0.4, -0.2) is 47.9 Å². The van der Waals surface area contributed by atoms with Crippen molar-refractivity contribution in [1.82, 2.24) is 9.80 Å². The maximum absolute atomic E-state index is 12.5. The van der Waals surface area contributed by atoms with E-state index >= 15 is 0 Å². The van der Waals surface area contributed by atoms with Crippen molar-refractivity contribution in [3.63, 3.8) is 0 Å². The molecule has 0 aromatic heterocycles. The molecule has 2 aliphatic rings. The van der Waals surface area contributed by atoms with Gasteiger partial charge < -0.3 is 9.80 Å². The summed E-state index contributed by atoms with van der Waals surface area (Å²) in [5.74, 6) is 0.421. The summed E-state index contributed by atoms with van der Waals surface area (Å²) in [6, 6.07) is 0.746. The summed E-state index contributed by atoms with van der Waals surface area (Å²) in [7, 11) is 0. The summed E-state index contributed by atoms with van der Waals surface area (Å²) >= 11 is 0. The molecule has 0 atom stereocenters. The van der Waals surface area contributed by atoms with Crippen LogP contribution in [-0.2, 0) is 4.79 Å². The average Bonchev–Trinajstić information content (AvgIpc) is 2.77. The predicted octanol–water partition coefficient (Wildman–Crippen LogP) is 6.94. The highest BCUT2D eigenvalue weighted by molar-refractivity contribution is 5.76. The first-order valence-electron chi connectivity index (χ1n) is 13.3. The third kappa shape index (κ3) is 10.9. The summed E-state index contributed by atoms with van der Waals surface area (Å²) in [5, 5.41) is 0. The Morgan fingerprint density at radius 3 is 1.66 bits per heavy atom. The van der Waals surface area contributed by atoms with Crippen LogP contribution in [0.3, 0.4) is 0 Å². The summed E-state index contributed by atoms with van der Waals surface area (Å²) in [5.41, 5.74) is 0. The fourth-order valence-electron chi connectivity index (χ4n) is 5.22. The molecule has 0 N–H and O–H groups in total. The minimum Gasteiger partial charge on any atom is -0.343 e. The molecule has 3 nitrogen and oxygen atoms in total. The first kappa shape index (κ1) is 24.7. The third-order valence-electron chi connectivity index (χ3n) is 7.22. The van der Waals surface area contributed by atoms with Crippen LogP contribution in [0.25, 0.3) is 0 Å². The zero-order valence-corrected chi connectivity index (χ0v) is 19.6. The van der Waals surface area contributed by atoms with E-state index in [2.05, 4.69) is 16.7 Å². The quantitative estimate of drug-likeness (QED) is 0.275. The van der Waals surface area contributed by atoms with E-state index in [0.717, 1.165) is 32.0 Å². The van der Waals surface area contributed by atoms with Gasteiger partial charge in [0.15, 0.2) is 0 Å². The molecule has 2 heterocycles. The molecule has 0 spiro atoms. The van der Waals surface area contributed by atoms with Crippen LogP contribution in [0.1, 0.15) is 129 Å². The average molecular weight is 407 g/mol.